The molecule has 0 saturated heterocycles. The summed E-state index contributed by atoms with van der Waals surface area (Å²) in [6.07, 6.45) is 7.45. The monoisotopic (exact) mass is 632 g/mol. The van der Waals surface area contributed by atoms with E-state index in [4.69, 9.17) is 9.47 Å². The van der Waals surface area contributed by atoms with Crippen LogP contribution in [0.15, 0.2) is 60.8 Å². The lowest BCUT2D eigenvalue weighted by Crippen LogP contribution is -2.30. The highest BCUT2D eigenvalue weighted by atomic mass is 32.2. The highest BCUT2D eigenvalue weighted by Crippen LogP contribution is 2.40. The minimum Gasteiger partial charge on any atom is -0.492 e. The lowest BCUT2D eigenvalue weighted by atomic mass is 9.86. The van der Waals surface area contributed by atoms with E-state index in [1.807, 2.05) is 52.1 Å². The molecule has 12 heteroatoms. The number of rotatable bonds is 9. The second-order valence-corrected chi connectivity index (χ2v) is 14.1. The second kappa shape index (κ2) is 12.8. The molecular formula is C33H40N6O5S. The zero-order chi connectivity index (χ0) is 32.4. The van der Waals surface area contributed by atoms with E-state index in [1.165, 1.54) is 20.0 Å². The van der Waals surface area contributed by atoms with E-state index >= 15 is 0 Å². The van der Waals surface area contributed by atoms with E-state index in [-0.39, 0.29) is 16.9 Å². The SMILES string of the molecule is COc1c(NC(=O)Nc2ccc(Oc3ccnc(N(C)C4CCCC4)n3)c3ccccc23)cc(C(C)(C)C)cc1NS(C)(=O)=O. The fraction of sp³-hybridized carbons (Fsp3) is 0.364. The number of anilines is 4. The molecule has 1 fully saturated rings. The van der Waals surface area contributed by atoms with Crippen LogP contribution in [0.4, 0.5) is 27.8 Å². The van der Waals surface area contributed by atoms with Crippen molar-refractivity contribution in [3.05, 3.63) is 66.4 Å². The maximum atomic E-state index is 13.4. The van der Waals surface area contributed by atoms with Crippen LogP contribution < -0.4 is 29.7 Å². The summed E-state index contributed by atoms with van der Waals surface area (Å²) in [4.78, 5) is 24.6. The van der Waals surface area contributed by atoms with E-state index in [0.29, 0.717) is 35.0 Å². The van der Waals surface area contributed by atoms with Crippen LogP contribution in [-0.2, 0) is 15.4 Å². The van der Waals surface area contributed by atoms with Crippen LogP contribution in [0.25, 0.3) is 10.8 Å². The molecule has 1 heterocycles. The van der Waals surface area contributed by atoms with Crippen molar-refractivity contribution in [1.82, 2.24) is 9.97 Å². The first-order valence-electron chi connectivity index (χ1n) is 14.9. The summed E-state index contributed by atoms with van der Waals surface area (Å²) in [5.41, 5.74) is 1.58. The molecule has 1 aliphatic carbocycles. The van der Waals surface area contributed by atoms with Gasteiger partial charge in [-0.1, -0.05) is 57.9 Å². The van der Waals surface area contributed by atoms with E-state index < -0.39 is 16.1 Å². The van der Waals surface area contributed by atoms with Gasteiger partial charge >= 0.3 is 6.03 Å². The topological polar surface area (TPSA) is 135 Å². The Balaban J connectivity index is 1.40. The molecule has 3 N–H and O–H groups in total. The lowest BCUT2D eigenvalue weighted by Gasteiger charge is -2.24. The standard InChI is InChI=1S/C33H40N6O5S/c1-33(2,3)21-19-26(30(43-5)27(20-21)38-45(6,41)42)36-32(40)35-25-15-16-28(24-14-10-9-13-23(24)25)44-29-17-18-34-31(37-29)39(4)22-11-7-8-12-22/h9-10,13-20,22,38H,7-8,11-12H2,1-6H3,(H2,35,36,40). The van der Waals surface area contributed by atoms with Gasteiger partial charge in [0.05, 0.1) is 30.4 Å². The molecule has 0 radical (unpaired) electrons. The fourth-order valence-corrected chi connectivity index (χ4v) is 6.07. The van der Waals surface area contributed by atoms with Gasteiger partial charge in [-0.05, 0) is 48.1 Å². The molecule has 0 atom stereocenters. The number of methoxy groups -OCH3 is 1. The number of sulfonamides is 1. The predicted octanol–water partition coefficient (Wildman–Crippen LogP) is 7.12. The molecule has 0 unspecified atom stereocenters. The van der Waals surface area contributed by atoms with Crippen LogP contribution in [0.5, 0.6) is 17.4 Å². The van der Waals surface area contributed by atoms with Crippen LogP contribution in [0.1, 0.15) is 52.0 Å². The maximum Gasteiger partial charge on any atom is 0.323 e. The summed E-state index contributed by atoms with van der Waals surface area (Å²) >= 11 is 0. The van der Waals surface area contributed by atoms with Gasteiger partial charge in [0.25, 0.3) is 0 Å². The Morgan fingerprint density at radius 3 is 2.29 bits per heavy atom. The molecule has 0 aliphatic heterocycles. The van der Waals surface area contributed by atoms with Crippen molar-refractivity contribution in [2.45, 2.75) is 57.9 Å². The van der Waals surface area contributed by atoms with E-state index in [2.05, 4.69) is 30.2 Å². The minimum absolute atomic E-state index is 0.194. The van der Waals surface area contributed by atoms with Gasteiger partial charge in [0.2, 0.25) is 21.9 Å². The summed E-state index contributed by atoms with van der Waals surface area (Å²) in [6, 6.07) is 16.3. The molecule has 11 nitrogen and oxygen atoms in total. The summed E-state index contributed by atoms with van der Waals surface area (Å²) in [6.45, 7) is 5.98. The number of ether oxygens (including phenoxy) is 2. The van der Waals surface area contributed by atoms with Crippen LogP contribution in [0.2, 0.25) is 0 Å². The molecule has 0 bridgehead atoms. The number of nitrogens with one attached hydrogen (secondary N) is 3. The first-order valence-corrected chi connectivity index (χ1v) is 16.8. The smallest absolute Gasteiger partial charge is 0.323 e. The van der Waals surface area contributed by atoms with Crippen molar-refractivity contribution in [2.24, 2.45) is 0 Å². The first-order chi connectivity index (χ1) is 21.3. The fourth-order valence-electron chi connectivity index (χ4n) is 5.52. The number of carbonyl (C=O) groups is 1. The molecule has 1 saturated carbocycles. The molecule has 45 heavy (non-hydrogen) atoms. The molecule has 2 amide bonds. The summed E-state index contributed by atoms with van der Waals surface area (Å²) < 4.78 is 38.5. The number of nitrogens with zero attached hydrogens (tertiary/aromatic N) is 3. The van der Waals surface area contributed by atoms with Crippen molar-refractivity contribution < 1.29 is 22.7 Å². The number of benzene rings is 3. The summed E-state index contributed by atoms with van der Waals surface area (Å²) in [5, 5.41) is 7.32. The van der Waals surface area contributed by atoms with Gasteiger partial charge in [-0.3, -0.25) is 4.72 Å². The van der Waals surface area contributed by atoms with Crippen LogP contribution in [0.3, 0.4) is 0 Å². The Labute approximate surface area is 264 Å². The molecule has 5 rings (SSSR count). The third-order valence-electron chi connectivity index (χ3n) is 7.85. The van der Waals surface area contributed by atoms with Crippen LogP contribution >= 0.6 is 0 Å². The van der Waals surface area contributed by atoms with E-state index in [1.54, 1.807) is 36.5 Å². The Kier molecular flexibility index (Phi) is 9.06. The van der Waals surface area contributed by atoms with Crippen molar-refractivity contribution >= 4 is 49.8 Å². The van der Waals surface area contributed by atoms with Crippen molar-refractivity contribution in [3.8, 4) is 17.4 Å². The number of fused-ring (bicyclic) bond motifs is 1. The summed E-state index contributed by atoms with van der Waals surface area (Å²) in [5.74, 6) is 1.83. The normalized spacial score (nSPS) is 13.8. The maximum absolute atomic E-state index is 13.4. The molecule has 1 aliphatic rings. The van der Waals surface area contributed by atoms with Crippen LogP contribution in [0, 0.1) is 0 Å². The van der Waals surface area contributed by atoms with Gasteiger partial charge in [0, 0.05) is 36.1 Å². The zero-order valence-electron chi connectivity index (χ0n) is 26.5. The number of amides is 2. The average Bonchev–Trinajstić information content (AvgIpc) is 3.52. The number of carbonyl (C=O) groups excluding carboxylic acids is 1. The van der Waals surface area contributed by atoms with Gasteiger partial charge in [0.1, 0.15) is 5.75 Å². The average molecular weight is 633 g/mol. The predicted molar refractivity (Wildman–Crippen MR) is 180 cm³/mol. The highest BCUT2D eigenvalue weighted by Gasteiger charge is 2.24. The van der Waals surface area contributed by atoms with Gasteiger partial charge in [-0.15, -0.1) is 0 Å². The van der Waals surface area contributed by atoms with Gasteiger partial charge in [-0.25, -0.2) is 18.2 Å². The lowest BCUT2D eigenvalue weighted by molar-refractivity contribution is 0.262. The number of aromatic nitrogens is 2. The largest absolute Gasteiger partial charge is 0.492 e. The Morgan fingerprint density at radius 1 is 0.956 bits per heavy atom. The van der Waals surface area contributed by atoms with Gasteiger partial charge < -0.3 is 25.0 Å². The molecular weight excluding hydrogens is 592 g/mol. The molecule has 4 aromatic rings. The molecule has 3 aromatic carbocycles. The van der Waals surface area contributed by atoms with Gasteiger partial charge in [-0.2, -0.15) is 4.98 Å². The first kappa shape index (κ1) is 31.8. The van der Waals surface area contributed by atoms with E-state index in [9.17, 15) is 13.2 Å². The quantitative estimate of drug-likeness (QED) is 0.178. The minimum atomic E-state index is -3.61. The molecule has 0 spiro atoms. The Hall–Kier alpha value is -4.58. The van der Waals surface area contributed by atoms with Crippen molar-refractivity contribution in [3.63, 3.8) is 0 Å². The summed E-state index contributed by atoms with van der Waals surface area (Å²) in [7, 11) is -0.168. The van der Waals surface area contributed by atoms with Gasteiger partial charge in [0.15, 0.2) is 5.75 Å². The third kappa shape index (κ3) is 7.56. The van der Waals surface area contributed by atoms with Crippen molar-refractivity contribution in [2.75, 3.05) is 40.7 Å². The zero-order valence-corrected chi connectivity index (χ0v) is 27.3. The Morgan fingerprint density at radius 2 is 1.62 bits per heavy atom. The highest BCUT2D eigenvalue weighted by molar-refractivity contribution is 7.92. The number of hydrogen-bond acceptors (Lipinski definition) is 8. The Bertz CT molecular complexity index is 1820. The number of hydrogen-bond donors (Lipinski definition) is 3. The number of urea groups is 1. The second-order valence-electron chi connectivity index (χ2n) is 12.3. The third-order valence-corrected chi connectivity index (χ3v) is 8.45. The van der Waals surface area contributed by atoms with Crippen LogP contribution in [-0.4, -0.2) is 50.9 Å². The molecule has 238 valence electrons. The van der Waals surface area contributed by atoms with E-state index in [0.717, 1.165) is 35.4 Å². The molecule has 1 aromatic heterocycles. The van der Waals surface area contributed by atoms with Crippen molar-refractivity contribution in [1.29, 1.82) is 0 Å².